The summed E-state index contributed by atoms with van der Waals surface area (Å²) in [5.41, 5.74) is 0. The van der Waals surface area contributed by atoms with E-state index in [1.54, 1.807) is 0 Å². The van der Waals surface area contributed by atoms with E-state index in [1.807, 2.05) is 0 Å². The highest BCUT2D eigenvalue weighted by atomic mass is 32.2. The molecule has 2 saturated heterocycles. The fourth-order valence-electron chi connectivity index (χ4n) is 5.64. The molecule has 0 aromatic heterocycles. The van der Waals surface area contributed by atoms with Gasteiger partial charge in [-0.05, 0) is 69.1 Å². The summed E-state index contributed by atoms with van der Waals surface area (Å²) >= 11 is 2.05. The summed E-state index contributed by atoms with van der Waals surface area (Å²) < 4.78 is 6.17. The number of carbonyl (C=O) groups is 1. The molecule has 4 nitrogen and oxygen atoms in total. The molecule has 0 radical (unpaired) electrons. The maximum Gasteiger partial charge on any atom is 0.248 e. The van der Waals surface area contributed by atoms with E-state index in [1.165, 1.54) is 57.1 Å². The number of ether oxygens (including phenoxy) is 1. The van der Waals surface area contributed by atoms with E-state index in [0.29, 0.717) is 24.0 Å². The van der Waals surface area contributed by atoms with Crippen molar-refractivity contribution in [2.24, 2.45) is 11.8 Å². The zero-order valence-electron chi connectivity index (χ0n) is 16.2. The largest absolute Gasteiger partial charge is 0.368 e. The Morgan fingerprint density at radius 1 is 1.04 bits per heavy atom. The van der Waals surface area contributed by atoms with Crippen LogP contribution in [0.2, 0.25) is 0 Å². The van der Waals surface area contributed by atoms with Crippen molar-refractivity contribution in [3.05, 3.63) is 0 Å². The first-order valence-electron chi connectivity index (χ1n) is 11.0. The average molecular weight is 381 g/mol. The predicted molar refractivity (Wildman–Crippen MR) is 108 cm³/mol. The highest BCUT2D eigenvalue weighted by molar-refractivity contribution is 8.00. The van der Waals surface area contributed by atoms with Gasteiger partial charge in [-0.25, -0.2) is 0 Å². The van der Waals surface area contributed by atoms with Gasteiger partial charge in [-0.15, -0.1) is 0 Å². The zero-order chi connectivity index (χ0) is 17.8. The molecule has 5 atom stereocenters. The van der Waals surface area contributed by atoms with Gasteiger partial charge in [-0.3, -0.25) is 4.79 Å². The van der Waals surface area contributed by atoms with Crippen LogP contribution in [0.15, 0.2) is 0 Å². The molecule has 2 aliphatic heterocycles. The normalized spacial score (nSPS) is 37.5. The number of amides is 1. The van der Waals surface area contributed by atoms with Gasteiger partial charge in [0, 0.05) is 24.4 Å². The number of nitrogens with one attached hydrogen (secondary N) is 1. The fourth-order valence-corrected chi connectivity index (χ4v) is 6.91. The second kappa shape index (κ2) is 9.29. The second-order valence-electron chi connectivity index (χ2n) is 8.88. The van der Waals surface area contributed by atoms with Crippen LogP contribution in [0.25, 0.3) is 0 Å². The van der Waals surface area contributed by atoms with Crippen molar-refractivity contribution in [2.45, 2.75) is 81.6 Å². The number of nitrogens with zero attached hydrogens (tertiary/aromatic N) is 1. The van der Waals surface area contributed by atoms with Gasteiger partial charge < -0.3 is 15.0 Å². The van der Waals surface area contributed by atoms with Gasteiger partial charge in [0.25, 0.3) is 0 Å². The summed E-state index contributed by atoms with van der Waals surface area (Å²) in [6.45, 7) is 3.28. The third-order valence-corrected chi connectivity index (χ3v) is 8.52. The van der Waals surface area contributed by atoms with Gasteiger partial charge in [0.1, 0.15) is 6.61 Å². The molecule has 26 heavy (non-hydrogen) atoms. The first-order chi connectivity index (χ1) is 12.8. The SMILES string of the molecule is O=C(COC1CCC2CCCC2C1)N(CC1CCCS1)C1CCCNC1. The van der Waals surface area contributed by atoms with Gasteiger partial charge in [0.2, 0.25) is 5.91 Å². The quantitative estimate of drug-likeness (QED) is 0.766. The lowest BCUT2D eigenvalue weighted by molar-refractivity contribution is -0.142. The summed E-state index contributed by atoms with van der Waals surface area (Å²) in [4.78, 5) is 15.2. The molecule has 0 spiro atoms. The van der Waals surface area contributed by atoms with Crippen LogP contribution < -0.4 is 5.32 Å². The number of thioether (sulfide) groups is 1. The Hall–Kier alpha value is -0.260. The summed E-state index contributed by atoms with van der Waals surface area (Å²) in [6, 6.07) is 0.367. The molecule has 4 fully saturated rings. The topological polar surface area (TPSA) is 41.6 Å². The minimum Gasteiger partial charge on any atom is -0.368 e. The van der Waals surface area contributed by atoms with Crippen LogP contribution in [0.5, 0.6) is 0 Å². The van der Waals surface area contributed by atoms with Gasteiger partial charge in [0.05, 0.1) is 6.10 Å². The number of piperidine rings is 1. The van der Waals surface area contributed by atoms with Crippen molar-refractivity contribution in [2.75, 3.05) is 32.0 Å². The van der Waals surface area contributed by atoms with Crippen molar-refractivity contribution in [1.82, 2.24) is 10.2 Å². The van der Waals surface area contributed by atoms with Crippen molar-refractivity contribution in [3.8, 4) is 0 Å². The van der Waals surface area contributed by atoms with Crippen LogP contribution in [0.3, 0.4) is 0 Å². The highest BCUT2D eigenvalue weighted by Gasteiger charge is 2.35. The first-order valence-corrected chi connectivity index (χ1v) is 12.1. The van der Waals surface area contributed by atoms with Crippen LogP contribution in [-0.2, 0) is 9.53 Å². The maximum atomic E-state index is 13.1. The summed E-state index contributed by atoms with van der Waals surface area (Å²) in [5, 5.41) is 4.12. The summed E-state index contributed by atoms with van der Waals surface area (Å²) in [7, 11) is 0. The monoisotopic (exact) mass is 380 g/mol. The smallest absolute Gasteiger partial charge is 0.248 e. The molecule has 2 saturated carbocycles. The number of fused-ring (bicyclic) bond motifs is 1. The van der Waals surface area contributed by atoms with E-state index in [0.717, 1.165) is 44.3 Å². The minimum absolute atomic E-state index is 0.236. The third-order valence-electron chi connectivity index (χ3n) is 7.14. The Morgan fingerprint density at radius 3 is 2.77 bits per heavy atom. The van der Waals surface area contributed by atoms with Gasteiger partial charge in [0.15, 0.2) is 0 Å². The lowest BCUT2D eigenvalue weighted by Crippen LogP contribution is -2.52. The molecule has 1 N–H and O–H groups in total. The Bertz CT molecular complexity index is 463. The average Bonchev–Trinajstić information content (AvgIpc) is 3.36. The molecule has 0 aromatic rings. The molecule has 0 aromatic carbocycles. The fraction of sp³-hybridized carbons (Fsp3) is 0.952. The Kier molecular flexibility index (Phi) is 6.82. The van der Waals surface area contributed by atoms with E-state index in [2.05, 4.69) is 22.0 Å². The van der Waals surface area contributed by atoms with Crippen molar-refractivity contribution < 1.29 is 9.53 Å². The van der Waals surface area contributed by atoms with Crippen molar-refractivity contribution in [1.29, 1.82) is 0 Å². The Balaban J connectivity index is 1.29. The maximum absolute atomic E-state index is 13.1. The van der Waals surface area contributed by atoms with Crippen molar-refractivity contribution in [3.63, 3.8) is 0 Å². The van der Waals surface area contributed by atoms with Crippen LogP contribution >= 0.6 is 11.8 Å². The van der Waals surface area contributed by atoms with E-state index < -0.39 is 0 Å². The second-order valence-corrected chi connectivity index (χ2v) is 10.3. The molecule has 4 aliphatic rings. The van der Waals surface area contributed by atoms with E-state index in [4.69, 9.17) is 4.74 Å². The zero-order valence-corrected chi connectivity index (χ0v) is 17.0. The molecule has 5 heteroatoms. The van der Waals surface area contributed by atoms with Gasteiger partial charge >= 0.3 is 0 Å². The van der Waals surface area contributed by atoms with Crippen LogP contribution in [0.1, 0.15) is 64.2 Å². The molecule has 4 rings (SSSR count). The lowest BCUT2D eigenvalue weighted by Gasteiger charge is -2.37. The van der Waals surface area contributed by atoms with E-state index >= 15 is 0 Å². The van der Waals surface area contributed by atoms with Crippen LogP contribution in [0.4, 0.5) is 0 Å². The van der Waals surface area contributed by atoms with Gasteiger partial charge in [-0.2, -0.15) is 11.8 Å². The standard InChI is InChI=1S/C21H36N2O2S/c24-21(15-25-19-9-8-16-4-1-5-17(16)12-19)23(14-20-7-3-11-26-20)18-6-2-10-22-13-18/h16-20,22H,1-15H2. The lowest BCUT2D eigenvalue weighted by atomic mass is 9.80. The number of hydrogen-bond donors (Lipinski definition) is 1. The van der Waals surface area contributed by atoms with Crippen LogP contribution in [-0.4, -0.2) is 60.2 Å². The van der Waals surface area contributed by atoms with E-state index in [-0.39, 0.29) is 5.91 Å². The van der Waals surface area contributed by atoms with E-state index in [9.17, 15) is 4.79 Å². The Morgan fingerprint density at radius 2 is 1.96 bits per heavy atom. The summed E-state index contributed by atoms with van der Waals surface area (Å²) in [5.74, 6) is 3.32. The summed E-state index contributed by atoms with van der Waals surface area (Å²) in [6.07, 6.45) is 13.1. The number of hydrogen-bond acceptors (Lipinski definition) is 4. The molecule has 2 heterocycles. The molecule has 148 valence electrons. The number of carbonyl (C=O) groups excluding carboxylic acids is 1. The third kappa shape index (κ3) is 4.77. The molecule has 5 unspecified atom stereocenters. The van der Waals surface area contributed by atoms with Gasteiger partial charge in [-0.1, -0.05) is 19.3 Å². The molecule has 1 amide bonds. The highest BCUT2D eigenvalue weighted by Crippen LogP contribution is 2.42. The molecule has 2 aliphatic carbocycles. The predicted octanol–water partition coefficient (Wildman–Crippen LogP) is 3.45. The van der Waals surface area contributed by atoms with Crippen LogP contribution in [0, 0.1) is 11.8 Å². The van der Waals surface area contributed by atoms with Crippen molar-refractivity contribution >= 4 is 17.7 Å². The number of rotatable bonds is 6. The molecular weight excluding hydrogens is 344 g/mol. The molecule has 0 bridgehead atoms. The first kappa shape index (κ1) is 19.1. The minimum atomic E-state index is 0.236. The Labute approximate surface area is 163 Å². The molecular formula is C21H36N2O2S.